The van der Waals surface area contributed by atoms with Crippen LogP contribution in [0.15, 0.2) is 91.0 Å². The molecule has 0 unspecified atom stereocenters. The van der Waals surface area contributed by atoms with E-state index in [0.717, 1.165) is 39.6 Å². The van der Waals surface area contributed by atoms with Crippen molar-refractivity contribution >= 4 is 23.1 Å². The smallest absolute Gasteiger partial charge is 0.260 e. The molecule has 0 fully saturated rings. The zero-order valence-corrected chi connectivity index (χ0v) is 14.6. The van der Waals surface area contributed by atoms with Crippen LogP contribution in [0, 0.1) is 0 Å². The Labute approximate surface area is 158 Å². The van der Waals surface area contributed by atoms with Crippen LogP contribution in [0.1, 0.15) is 0 Å². The molecule has 4 aromatic carbocycles. The van der Waals surface area contributed by atoms with Gasteiger partial charge in [0.2, 0.25) is 0 Å². The highest BCUT2D eigenvalue weighted by atomic mass is 16.5. The molecule has 0 aliphatic carbocycles. The van der Waals surface area contributed by atoms with Crippen molar-refractivity contribution in [3.05, 3.63) is 91.0 Å². The van der Waals surface area contributed by atoms with E-state index in [1.165, 1.54) is 10.9 Å². The fraction of sp³-hybridized carbons (Fsp3) is 0. The Hall–Kier alpha value is -3.46. The van der Waals surface area contributed by atoms with Gasteiger partial charge in [-0.3, -0.25) is 0 Å². The van der Waals surface area contributed by atoms with Gasteiger partial charge in [-0.05, 0) is 34.7 Å². The molecule has 0 saturated carbocycles. The Bertz CT molecular complexity index is 1180. The molecule has 27 heavy (non-hydrogen) atoms. The molecule has 2 aliphatic rings. The summed E-state index contributed by atoms with van der Waals surface area (Å²) in [5, 5.41) is 0. The Morgan fingerprint density at radius 2 is 1.19 bits per heavy atom. The van der Waals surface area contributed by atoms with Crippen LogP contribution in [0.5, 0.6) is 23.0 Å². The van der Waals surface area contributed by atoms with Gasteiger partial charge in [-0.1, -0.05) is 72.8 Å². The summed E-state index contributed by atoms with van der Waals surface area (Å²) in [6, 6.07) is 31.2. The maximum atomic E-state index is 6.44. The molecule has 0 bridgehead atoms. The number of benzene rings is 4. The molecular formula is C24H15BO2. The quantitative estimate of drug-likeness (QED) is 0.418. The second-order valence-corrected chi connectivity index (χ2v) is 6.93. The fourth-order valence-corrected chi connectivity index (χ4v) is 4.25. The van der Waals surface area contributed by atoms with Crippen molar-refractivity contribution < 1.29 is 9.47 Å². The van der Waals surface area contributed by atoms with Crippen LogP contribution >= 0.6 is 0 Å². The molecule has 3 heteroatoms. The SMILES string of the molecule is c1ccc(-c2cccc3c2Oc2cccc4c2B3c2ccccc2O4)cc1. The van der Waals surface area contributed by atoms with E-state index >= 15 is 0 Å². The maximum Gasteiger partial charge on any atom is 0.260 e. The van der Waals surface area contributed by atoms with Gasteiger partial charge in [-0.15, -0.1) is 0 Å². The molecule has 0 spiro atoms. The first-order valence-electron chi connectivity index (χ1n) is 9.16. The van der Waals surface area contributed by atoms with Crippen LogP contribution in [0.4, 0.5) is 0 Å². The number of rotatable bonds is 1. The molecule has 0 amide bonds. The van der Waals surface area contributed by atoms with Crippen LogP contribution in [0.3, 0.4) is 0 Å². The van der Waals surface area contributed by atoms with E-state index < -0.39 is 0 Å². The first kappa shape index (κ1) is 14.7. The zero-order chi connectivity index (χ0) is 17.8. The molecule has 2 aliphatic heterocycles. The minimum absolute atomic E-state index is 0.119. The summed E-state index contributed by atoms with van der Waals surface area (Å²) in [4.78, 5) is 0. The average molecular weight is 346 g/mol. The average Bonchev–Trinajstić information content (AvgIpc) is 2.74. The number of para-hydroxylation sites is 2. The Kier molecular flexibility index (Phi) is 3.00. The summed E-state index contributed by atoms with van der Waals surface area (Å²) in [6.45, 7) is 0.119. The van der Waals surface area contributed by atoms with Crippen LogP contribution < -0.4 is 25.9 Å². The molecule has 4 aromatic rings. The summed E-state index contributed by atoms with van der Waals surface area (Å²) < 4.78 is 12.6. The molecule has 2 nitrogen and oxygen atoms in total. The summed E-state index contributed by atoms with van der Waals surface area (Å²) in [5.41, 5.74) is 5.77. The molecule has 0 atom stereocenters. The van der Waals surface area contributed by atoms with Crippen molar-refractivity contribution in [1.29, 1.82) is 0 Å². The third kappa shape index (κ3) is 2.09. The number of hydrogen-bond acceptors (Lipinski definition) is 2. The molecule has 126 valence electrons. The Balaban J connectivity index is 1.66. The normalized spacial score (nSPS) is 13.0. The highest BCUT2D eigenvalue weighted by molar-refractivity contribution is 6.98. The van der Waals surface area contributed by atoms with E-state index in [0.29, 0.717) is 0 Å². The zero-order valence-electron chi connectivity index (χ0n) is 14.6. The van der Waals surface area contributed by atoms with E-state index in [-0.39, 0.29) is 6.71 Å². The van der Waals surface area contributed by atoms with E-state index in [9.17, 15) is 0 Å². The fourth-order valence-electron chi connectivity index (χ4n) is 4.25. The van der Waals surface area contributed by atoms with E-state index in [1.54, 1.807) is 0 Å². The van der Waals surface area contributed by atoms with Gasteiger partial charge in [0.1, 0.15) is 23.0 Å². The van der Waals surface area contributed by atoms with Crippen LogP contribution in [-0.4, -0.2) is 6.71 Å². The minimum Gasteiger partial charge on any atom is -0.458 e. The third-order valence-electron chi connectivity index (χ3n) is 5.42. The Morgan fingerprint density at radius 3 is 2.07 bits per heavy atom. The summed E-state index contributed by atoms with van der Waals surface area (Å²) >= 11 is 0. The summed E-state index contributed by atoms with van der Waals surface area (Å²) in [6.07, 6.45) is 0. The molecule has 6 rings (SSSR count). The summed E-state index contributed by atoms with van der Waals surface area (Å²) in [7, 11) is 0. The van der Waals surface area contributed by atoms with Gasteiger partial charge in [0.05, 0.1) is 0 Å². The highest BCUT2D eigenvalue weighted by Gasteiger charge is 2.40. The third-order valence-corrected chi connectivity index (χ3v) is 5.42. The van der Waals surface area contributed by atoms with Crippen LogP contribution in [0.25, 0.3) is 11.1 Å². The van der Waals surface area contributed by atoms with Gasteiger partial charge < -0.3 is 9.47 Å². The largest absolute Gasteiger partial charge is 0.458 e. The molecule has 0 N–H and O–H groups in total. The Morgan fingerprint density at radius 1 is 0.519 bits per heavy atom. The monoisotopic (exact) mass is 346 g/mol. The van der Waals surface area contributed by atoms with Crippen molar-refractivity contribution in [3.8, 4) is 34.1 Å². The molecule has 0 saturated heterocycles. The van der Waals surface area contributed by atoms with E-state index in [1.807, 2.05) is 36.4 Å². The molecular weight excluding hydrogens is 331 g/mol. The number of hydrogen-bond donors (Lipinski definition) is 0. The minimum atomic E-state index is 0.119. The van der Waals surface area contributed by atoms with E-state index in [2.05, 4.69) is 54.6 Å². The van der Waals surface area contributed by atoms with Crippen molar-refractivity contribution in [3.63, 3.8) is 0 Å². The van der Waals surface area contributed by atoms with Crippen LogP contribution in [-0.2, 0) is 0 Å². The molecule has 2 heterocycles. The lowest BCUT2D eigenvalue weighted by molar-refractivity contribution is 0.465. The van der Waals surface area contributed by atoms with Gasteiger partial charge in [0.15, 0.2) is 0 Å². The van der Waals surface area contributed by atoms with Gasteiger partial charge in [-0.25, -0.2) is 0 Å². The molecule has 0 aromatic heterocycles. The lowest BCUT2D eigenvalue weighted by Crippen LogP contribution is -2.57. The van der Waals surface area contributed by atoms with Gasteiger partial charge in [0.25, 0.3) is 6.71 Å². The van der Waals surface area contributed by atoms with Gasteiger partial charge in [0, 0.05) is 11.0 Å². The second-order valence-electron chi connectivity index (χ2n) is 6.93. The lowest BCUT2D eigenvalue weighted by atomic mass is 9.34. The topological polar surface area (TPSA) is 18.5 Å². The van der Waals surface area contributed by atoms with Gasteiger partial charge in [-0.2, -0.15) is 0 Å². The molecule has 0 radical (unpaired) electrons. The first-order chi connectivity index (χ1) is 13.4. The van der Waals surface area contributed by atoms with Crippen molar-refractivity contribution in [2.24, 2.45) is 0 Å². The predicted octanol–water partition coefficient (Wildman–Crippen LogP) is 4.08. The first-order valence-corrected chi connectivity index (χ1v) is 9.16. The van der Waals surface area contributed by atoms with E-state index in [4.69, 9.17) is 9.47 Å². The summed E-state index contributed by atoms with van der Waals surface area (Å²) in [5.74, 6) is 3.62. The number of ether oxygens (including phenoxy) is 2. The van der Waals surface area contributed by atoms with Crippen molar-refractivity contribution in [2.45, 2.75) is 0 Å². The lowest BCUT2D eigenvalue weighted by Gasteiger charge is -2.33. The van der Waals surface area contributed by atoms with Crippen molar-refractivity contribution in [2.75, 3.05) is 0 Å². The number of fused-ring (bicyclic) bond motifs is 4. The van der Waals surface area contributed by atoms with Gasteiger partial charge >= 0.3 is 0 Å². The standard InChI is InChI=1S/C24H15BO2/c1-2-8-16(9-3-1)17-10-6-12-19-24(17)27-22-15-7-14-21-23(22)25(19)18-11-4-5-13-20(18)26-21/h1-15H. The van der Waals surface area contributed by atoms with Crippen LogP contribution in [0.2, 0.25) is 0 Å². The highest BCUT2D eigenvalue weighted by Crippen LogP contribution is 2.38. The maximum absolute atomic E-state index is 6.44. The second kappa shape index (κ2) is 5.52. The predicted molar refractivity (Wildman–Crippen MR) is 110 cm³/mol. The van der Waals surface area contributed by atoms with Crippen molar-refractivity contribution in [1.82, 2.24) is 0 Å².